The highest BCUT2D eigenvalue weighted by Crippen LogP contribution is 2.20. The van der Waals surface area contributed by atoms with Crippen molar-refractivity contribution in [2.75, 3.05) is 46.3 Å². The van der Waals surface area contributed by atoms with Gasteiger partial charge in [-0.1, -0.05) is 24.3 Å². The molecule has 1 atom stereocenters. The lowest BCUT2D eigenvalue weighted by atomic mass is 10.00. The monoisotopic (exact) mass is 397 g/mol. The van der Waals surface area contributed by atoms with E-state index >= 15 is 0 Å². The van der Waals surface area contributed by atoms with Crippen LogP contribution in [0.25, 0.3) is 0 Å². The largest absolute Gasteiger partial charge is 0.401 e. The van der Waals surface area contributed by atoms with Gasteiger partial charge in [-0.25, -0.2) is 0 Å². The Hall–Kier alpha value is -1.80. The molecule has 1 aromatic rings. The normalized spacial score (nSPS) is 21.6. The summed E-state index contributed by atoms with van der Waals surface area (Å²) in [5.74, 6) is 0.669. The van der Waals surface area contributed by atoms with Crippen LogP contribution in [0.3, 0.4) is 0 Å². The van der Waals surface area contributed by atoms with Crippen molar-refractivity contribution in [3.63, 3.8) is 0 Å². The first-order valence-corrected chi connectivity index (χ1v) is 9.98. The SMILES string of the molecule is CN=C(NCCCN1CCc2ccccc2C1)NC1CCN(CC(F)(F)F)C1. The quantitative estimate of drug-likeness (QED) is 0.439. The number of benzene rings is 1. The van der Waals surface area contributed by atoms with Crippen LogP contribution in [0.4, 0.5) is 13.2 Å². The van der Waals surface area contributed by atoms with Gasteiger partial charge in [-0.05, 0) is 30.4 Å². The zero-order valence-electron chi connectivity index (χ0n) is 16.4. The molecule has 1 aromatic carbocycles. The summed E-state index contributed by atoms with van der Waals surface area (Å²) in [7, 11) is 1.69. The number of nitrogens with zero attached hydrogens (tertiary/aromatic N) is 3. The minimum atomic E-state index is -4.14. The van der Waals surface area contributed by atoms with E-state index in [2.05, 4.69) is 44.8 Å². The van der Waals surface area contributed by atoms with Crippen LogP contribution in [0.5, 0.6) is 0 Å². The van der Waals surface area contributed by atoms with Crippen molar-refractivity contribution in [1.82, 2.24) is 20.4 Å². The van der Waals surface area contributed by atoms with Gasteiger partial charge in [0.2, 0.25) is 0 Å². The Morgan fingerprint density at radius 2 is 1.96 bits per heavy atom. The summed E-state index contributed by atoms with van der Waals surface area (Å²) in [6.07, 6.45) is -1.34. The van der Waals surface area contributed by atoms with Crippen LogP contribution in [0, 0.1) is 0 Å². The van der Waals surface area contributed by atoms with Gasteiger partial charge in [-0.2, -0.15) is 13.2 Å². The van der Waals surface area contributed by atoms with Gasteiger partial charge < -0.3 is 10.6 Å². The van der Waals surface area contributed by atoms with Gasteiger partial charge in [-0.3, -0.25) is 14.8 Å². The van der Waals surface area contributed by atoms with E-state index in [-0.39, 0.29) is 6.04 Å². The van der Waals surface area contributed by atoms with E-state index in [9.17, 15) is 13.2 Å². The van der Waals surface area contributed by atoms with Crippen LogP contribution < -0.4 is 10.6 Å². The number of alkyl halides is 3. The zero-order valence-corrected chi connectivity index (χ0v) is 16.4. The molecule has 2 heterocycles. The molecule has 2 aliphatic heterocycles. The average Bonchev–Trinajstić information content (AvgIpc) is 3.09. The molecular weight excluding hydrogens is 367 g/mol. The number of hydrogen-bond acceptors (Lipinski definition) is 3. The second kappa shape index (κ2) is 9.60. The molecule has 0 amide bonds. The third-order valence-corrected chi connectivity index (χ3v) is 5.39. The van der Waals surface area contributed by atoms with E-state index in [0.29, 0.717) is 25.5 Å². The van der Waals surface area contributed by atoms with Crippen molar-refractivity contribution in [3.8, 4) is 0 Å². The van der Waals surface area contributed by atoms with Crippen molar-refractivity contribution in [1.29, 1.82) is 0 Å². The molecule has 3 rings (SSSR count). The maximum Gasteiger partial charge on any atom is 0.401 e. The summed E-state index contributed by atoms with van der Waals surface area (Å²) in [6, 6.07) is 8.62. The summed E-state index contributed by atoms with van der Waals surface area (Å²) < 4.78 is 37.5. The minimum absolute atomic E-state index is 0.00662. The Morgan fingerprint density at radius 3 is 2.71 bits per heavy atom. The van der Waals surface area contributed by atoms with Crippen molar-refractivity contribution in [3.05, 3.63) is 35.4 Å². The lowest BCUT2D eigenvalue weighted by molar-refractivity contribution is -0.143. The maximum absolute atomic E-state index is 12.5. The van der Waals surface area contributed by atoms with E-state index in [0.717, 1.165) is 39.0 Å². The Morgan fingerprint density at radius 1 is 1.18 bits per heavy atom. The molecule has 5 nitrogen and oxygen atoms in total. The number of fused-ring (bicyclic) bond motifs is 1. The topological polar surface area (TPSA) is 42.9 Å². The third-order valence-electron chi connectivity index (χ3n) is 5.39. The van der Waals surface area contributed by atoms with Gasteiger partial charge in [0.25, 0.3) is 0 Å². The zero-order chi connectivity index (χ0) is 20.0. The smallest absolute Gasteiger partial charge is 0.356 e. The summed E-state index contributed by atoms with van der Waals surface area (Å²) in [6.45, 7) is 3.91. The lowest BCUT2D eigenvalue weighted by Gasteiger charge is -2.28. The van der Waals surface area contributed by atoms with Gasteiger partial charge in [0.05, 0.1) is 6.54 Å². The van der Waals surface area contributed by atoms with Gasteiger partial charge in [0.15, 0.2) is 5.96 Å². The lowest BCUT2D eigenvalue weighted by Crippen LogP contribution is -2.45. The van der Waals surface area contributed by atoms with Crippen LogP contribution in [0.2, 0.25) is 0 Å². The molecule has 2 aliphatic rings. The summed E-state index contributed by atoms with van der Waals surface area (Å²) >= 11 is 0. The Balaban J connectivity index is 1.33. The summed E-state index contributed by atoms with van der Waals surface area (Å²) in [5, 5.41) is 6.54. The Bertz CT molecular complexity index is 661. The predicted octanol–water partition coefficient (Wildman–Crippen LogP) is 2.24. The Kier molecular flexibility index (Phi) is 7.18. The molecule has 156 valence electrons. The minimum Gasteiger partial charge on any atom is -0.356 e. The Labute approximate surface area is 165 Å². The molecular formula is C20H30F3N5. The van der Waals surface area contributed by atoms with Crippen LogP contribution >= 0.6 is 0 Å². The number of rotatable bonds is 6. The van der Waals surface area contributed by atoms with Crippen molar-refractivity contribution >= 4 is 5.96 Å². The molecule has 1 saturated heterocycles. The molecule has 0 aliphatic carbocycles. The summed E-state index contributed by atoms with van der Waals surface area (Å²) in [5.41, 5.74) is 2.88. The van der Waals surface area contributed by atoms with Crippen molar-refractivity contribution in [2.45, 2.75) is 38.0 Å². The molecule has 2 N–H and O–H groups in total. The second-order valence-electron chi connectivity index (χ2n) is 7.63. The first-order valence-electron chi connectivity index (χ1n) is 9.98. The fourth-order valence-corrected chi connectivity index (χ4v) is 3.99. The highest BCUT2D eigenvalue weighted by Gasteiger charge is 2.34. The molecule has 1 unspecified atom stereocenters. The fourth-order valence-electron chi connectivity index (χ4n) is 3.99. The van der Waals surface area contributed by atoms with Gasteiger partial charge in [0, 0.05) is 52.4 Å². The second-order valence-corrected chi connectivity index (χ2v) is 7.63. The molecule has 0 saturated carbocycles. The third kappa shape index (κ3) is 6.38. The van der Waals surface area contributed by atoms with Gasteiger partial charge >= 0.3 is 6.18 Å². The number of halogens is 3. The molecule has 28 heavy (non-hydrogen) atoms. The van der Waals surface area contributed by atoms with E-state index in [1.807, 2.05) is 0 Å². The first-order chi connectivity index (χ1) is 13.4. The molecule has 0 bridgehead atoms. The fraction of sp³-hybridized carbons (Fsp3) is 0.650. The number of aliphatic imine (C=N–C) groups is 1. The molecule has 0 aromatic heterocycles. The van der Waals surface area contributed by atoms with Crippen LogP contribution in [-0.4, -0.2) is 74.3 Å². The number of nitrogens with one attached hydrogen (secondary N) is 2. The van der Waals surface area contributed by atoms with Crippen molar-refractivity contribution < 1.29 is 13.2 Å². The van der Waals surface area contributed by atoms with Crippen LogP contribution in [0.1, 0.15) is 24.0 Å². The van der Waals surface area contributed by atoms with E-state index < -0.39 is 12.7 Å². The highest BCUT2D eigenvalue weighted by molar-refractivity contribution is 5.79. The maximum atomic E-state index is 12.5. The number of hydrogen-bond donors (Lipinski definition) is 2. The van der Waals surface area contributed by atoms with E-state index in [1.54, 1.807) is 7.05 Å². The standard InChI is InChI=1S/C20H30F3N5/c1-24-19(26-18-8-12-28(14-18)15-20(21,22)23)25-9-4-10-27-11-7-16-5-2-3-6-17(16)13-27/h2-3,5-6,18H,4,7-15H2,1H3,(H2,24,25,26). The number of likely N-dealkylation sites (tertiary alicyclic amines) is 1. The van der Waals surface area contributed by atoms with E-state index in [1.165, 1.54) is 16.0 Å². The first kappa shape index (κ1) is 20.9. The molecule has 1 fully saturated rings. The van der Waals surface area contributed by atoms with Crippen LogP contribution in [0.15, 0.2) is 29.3 Å². The molecule has 8 heteroatoms. The molecule has 0 radical (unpaired) electrons. The number of guanidine groups is 1. The average molecular weight is 397 g/mol. The van der Waals surface area contributed by atoms with E-state index in [4.69, 9.17) is 0 Å². The molecule has 0 spiro atoms. The van der Waals surface area contributed by atoms with Gasteiger partial charge in [-0.15, -0.1) is 0 Å². The predicted molar refractivity (Wildman–Crippen MR) is 105 cm³/mol. The summed E-state index contributed by atoms with van der Waals surface area (Å²) in [4.78, 5) is 8.11. The van der Waals surface area contributed by atoms with Gasteiger partial charge in [0.1, 0.15) is 0 Å². The van der Waals surface area contributed by atoms with Crippen LogP contribution in [-0.2, 0) is 13.0 Å². The highest BCUT2D eigenvalue weighted by atomic mass is 19.4. The van der Waals surface area contributed by atoms with Crippen molar-refractivity contribution in [2.24, 2.45) is 4.99 Å².